The van der Waals surface area contributed by atoms with E-state index in [4.69, 9.17) is 10.0 Å². The summed E-state index contributed by atoms with van der Waals surface area (Å²) < 4.78 is 37.2. The molecule has 0 bridgehead atoms. The number of aromatic nitrogens is 2. The minimum absolute atomic E-state index is 0.0540. The molecule has 7 heteroatoms. The Morgan fingerprint density at radius 2 is 2.08 bits per heavy atom. The lowest BCUT2D eigenvalue weighted by Gasteiger charge is -2.11. The molecule has 0 saturated carbocycles. The Bertz CT molecular complexity index is 1030. The normalized spacial score (nSPS) is 15.0. The van der Waals surface area contributed by atoms with Crippen LogP contribution in [0.1, 0.15) is 24.0 Å². The maximum Gasteiger partial charge on any atom is 0.322 e. The molecule has 0 saturated heterocycles. The number of aromatic hydroxyl groups is 1. The second-order valence-corrected chi connectivity index (χ2v) is 5.32. The number of phenols is 1. The van der Waals surface area contributed by atoms with Crippen molar-refractivity contribution >= 4 is 17.6 Å². The number of aliphatic imine (C=N–C) groups is 1. The number of nitrogens with zero attached hydrogens (tertiary/aromatic N) is 3. The third-order valence-corrected chi connectivity index (χ3v) is 3.35. The molecule has 0 spiro atoms. The highest BCUT2D eigenvalue weighted by molar-refractivity contribution is 5.86. The Balaban J connectivity index is 1.77. The van der Waals surface area contributed by atoms with Crippen LogP contribution >= 0.6 is 0 Å². The molecule has 0 amide bonds. The van der Waals surface area contributed by atoms with Gasteiger partial charge < -0.3 is 15.5 Å². The molecule has 1 unspecified atom stereocenters. The summed E-state index contributed by atoms with van der Waals surface area (Å²) in [5.41, 5.74) is 0.721. The predicted molar refractivity (Wildman–Crippen MR) is 90.4 cm³/mol. The van der Waals surface area contributed by atoms with E-state index >= 15 is 0 Å². The van der Waals surface area contributed by atoms with Gasteiger partial charge in [-0.1, -0.05) is 30.3 Å². The second kappa shape index (κ2) is 7.48. The molecule has 0 fully saturated rings. The number of hydrogen-bond donors (Lipinski definition) is 2. The van der Waals surface area contributed by atoms with Gasteiger partial charge in [-0.3, -0.25) is 4.52 Å². The third kappa shape index (κ3) is 4.57. The van der Waals surface area contributed by atoms with Gasteiger partial charge in [0, 0.05) is 19.0 Å². The number of rotatable bonds is 5. The summed E-state index contributed by atoms with van der Waals surface area (Å²) in [4.78, 5) is 3.68. The van der Waals surface area contributed by atoms with Gasteiger partial charge in [-0.15, -0.1) is 0 Å². The van der Waals surface area contributed by atoms with Crippen LogP contribution in [0.25, 0.3) is 0 Å². The van der Waals surface area contributed by atoms with E-state index in [1.807, 2.05) is 37.3 Å². The molecule has 0 radical (unpaired) electrons. The van der Waals surface area contributed by atoms with Crippen LogP contribution in [-0.4, -0.2) is 16.4 Å². The lowest BCUT2D eigenvalue weighted by atomic mass is 10.1. The zero-order valence-electron chi connectivity index (χ0n) is 17.4. The van der Waals surface area contributed by atoms with Crippen molar-refractivity contribution in [1.29, 1.82) is 0 Å². The van der Waals surface area contributed by atoms with Crippen molar-refractivity contribution in [3.63, 3.8) is 0 Å². The summed E-state index contributed by atoms with van der Waals surface area (Å²) in [7, 11) is 0. The van der Waals surface area contributed by atoms with Crippen LogP contribution in [0.5, 0.6) is 5.75 Å². The summed E-state index contributed by atoms with van der Waals surface area (Å²) in [6, 6.07) is 6.29. The van der Waals surface area contributed by atoms with Gasteiger partial charge in [-0.2, -0.15) is 0 Å². The standard InChI is InChI=1S/C18H17N4O3/c1-13(11-14-5-3-2-4-6-14)22-12-17(25-21-22)20-18(24)19-15-7-9-16(23)10-8-15/h2-10,12-13H,11H2,1H3,(H,20,24)/q-1/p+1/i7D,8D,9D,10D. The van der Waals surface area contributed by atoms with Gasteiger partial charge >= 0.3 is 5.88 Å². The summed E-state index contributed by atoms with van der Waals surface area (Å²) >= 11 is 0. The molecule has 0 aliphatic heterocycles. The van der Waals surface area contributed by atoms with Crippen LogP contribution in [-0.2, 0) is 6.42 Å². The first-order valence-electron chi connectivity index (χ1n) is 9.52. The first kappa shape index (κ1) is 12.1. The minimum Gasteiger partial charge on any atom is -0.846 e. The number of hydrogen-bond acceptors (Lipinski definition) is 5. The van der Waals surface area contributed by atoms with Crippen molar-refractivity contribution in [3.05, 3.63) is 66.3 Å². The molecule has 0 aliphatic carbocycles. The van der Waals surface area contributed by atoms with Gasteiger partial charge in [-0.25, -0.2) is 4.99 Å². The summed E-state index contributed by atoms with van der Waals surface area (Å²) in [5, 5.41) is 27.7. The highest BCUT2D eigenvalue weighted by atomic mass is 16.5. The van der Waals surface area contributed by atoms with Gasteiger partial charge in [0.1, 0.15) is 5.75 Å². The summed E-state index contributed by atoms with van der Waals surface area (Å²) in [6.07, 6.45) is 2.14. The topological polar surface area (TPSA) is 97.6 Å². The van der Waals surface area contributed by atoms with Gasteiger partial charge in [0.15, 0.2) is 6.04 Å². The van der Waals surface area contributed by atoms with Gasteiger partial charge in [0.05, 0.1) is 11.5 Å². The van der Waals surface area contributed by atoms with Gasteiger partial charge in [0.2, 0.25) is 5.27 Å². The highest BCUT2D eigenvalue weighted by Gasteiger charge is 2.19. The lowest BCUT2D eigenvalue weighted by Crippen LogP contribution is -2.39. The molecule has 25 heavy (non-hydrogen) atoms. The summed E-state index contributed by atoms with van der Waals surface area (Å²) in [5.74, 6) is -0.880. The summed E-state index contributed by atoms with van der Waals surface area (Å²) in [6.45, 7) is 1.93. The van der Waals surface area contributed by atoms with Gasteiger partial charge in [-0.05, 0) is 34.4 Å². The Hall–Kier alpha value is -3.35. The fraction of sp³-hybridized carbons (Fsp3) is 0.167. The van der Waals surface area contributed by atoms with E-state index in [2.05, 4.69) is 15.6 Å². The second-order valence-electron chi connectivity index (χ2n) is 5.32. The van der Waals surface area contributed by atoms with Crippen LogP contribution in [0.2, 0.25) is 0 Å². The van der Waals surface area contributed by atoms with Crippen LogP contribution < -0.4 is 15.1 Å². The van der Waals surface area contributed by atoms with E-state index in [-0.39, 0.29) is 11.9 Å². The number of nitrogens with one attached hydrogen (secondary N) is 1. The molecule has 3 aromatic rings. The van der Waals surface area contributed by atoms with E-state index in [1.165, 1.54) is 10.9 Å². The maximum absolute atomic E-state index is 12.1. The Morgan fingerprint density at radius 1 is 1.36 bits per heavy atom. The first-order chi connectivity index (χ1) is 13.8. The van der Waals surface area contributed by atoms with Crippen LogP contribution in [0.4, 0.5) is 11.6 Å². The Morgan fingerprint density at radius 3 is 2.80 bits per heavy atom. The van der Waals surface area contributed by atoms with Crippen molar-refractivity contribution in [1.82, 2.24) is 5.27 Å². The molecule has 2 aromatic carbocycles. The monoisotopic (exact) mass is 342 g/mol. The van der Waals surface area contributed by atoms with Crippen molar-refractivity contribution in [2.75, 3.05) is 5.32 Å². The molecule has 3 rings (SSSR count). The van der Waals surface area contributed by atoms with Crippen LogP contribution in [0.15, 0.2) is 70.2 Å². The van der Waals surface area contributed by atoms with Crippen molar-refractivity contribution in [2.24, 2.45) is 4.99 Å². The smallest absolute Gasteiger partial charge is 0.322 e. The molecule has 1 heterocycles. The van der Waals surface area contributed by atoms with E-state index in [1.54, 1.807) is 0 Å². The SMILES string of the molecule is [2H]c1c([2H])c(NC([O-])=Nc2c[n+](C(C)Cc3ccccc3)no2)c([2H])c([2H])c1O. The first-order valence-corrected chi connectivity index (χ1v) is 7.52. The van der Waals surface area contributed by atoms with E-state index in [0.29, 0.717) is 6.42 Å². The molecule has 1 atom stereocenters. The molecule has 2 N–H and O–H groups in total. The molecule has 0 aliphatic rings. The molecular weight excluding hydrogens is 320 g/mol. The lowest BCUT2D eigenvalue weighted by molar-refractivity contribution is -0.782. The molecule has 1 aromatic heterocycles. The average molecular weight is 342 g/mol. The Kier molecular flexibility index (Phi) is 3.61. The third-order valence-electron chi connectivity index (χ3n) is 3.35. The quantitative estimate of drug-likeness (QED) is 0.320. The van der Waals surface area contributed by atoms with Gasteiger partial charge in [0.25, 0.3) is 6.20 Å². The fourth-order valence-corrected chi connectivity index (χ4v) is 2.16. The zero-order chi connectivity index (χ0) is 21.1. The van der Waals surface area contributed by atoms with E-state index in [9.17, 15) is 10.2 Å². The largest absolute Gasteiger partial charge is 0.846 e. The van der Waals surface area contributed by atoms with E-state index < -0.39 is 41.6 Å². The number of phenolic OH excluding ortho intramolecular Hbond substituents is 1. The van der Waals surface area contributed by atoms with Crippen molar-refractivity contribution in [2.45, 2.75) is 19.4 Å². The van der Waals surface area contributed by atoms with Crippen LogP contribution in [0, 0.1) is 0 Å². The predicted octanol–water partition coefficient (Wildman–Crippen LogP) is 1.93. The number of amidine groups is 1. The average Bonchev–Trinajstić information content (AvgIpc) is 3.17. The molecule has 128 valence electrons. The maximum atomic E-state index is 12.1. The molecule has 7 nitrogen and oxygen atoms in total. The zero-order valence-corrected chi connectivity index (χ0v) is 13.4. The number of anilines is 1. The highest BCUT2D eigenvalue weighted by Crippen LogP contribution is 2.15. The minimum atomic E-state index is -0.962. The van der Waals surface area contributed by atoms with Crippen LogP contribution in [0.3, 0.4) is 0 Å². The molecular formula is C18H18N4O3. The van der Waals surface area contributed by atoms with E-state index in [0.717, 1.165) is 5.56 Å². The Labute approximate surface area is 150 Å². The van der Waals surface area contributed by atoms with Crippen molar-refractivity contribution < 1.29 is 24.9 Å². The van der Waals surface area contributed by atoms with Crippen molar-refractivity contribution in [3.8, 4) is 5.75 Å². The number of benzene rings is 2. The fourth-order valence-electron chi connectivity index (χ4n) is 2.16.